The summed E-state index contributed by atoms with van der Waals surface area (Å²) in [6.45, 7) is 7.03. The highest BCUT2D eigenvalue weighted by molar-refractivity contribution is 7.98. The average Bonchev–Trinajstić information content (AvgIpc) is 2.67. The van der Waals surface area contributed by atoms with E-state index in [0.717, 1.165) is 0 Å². The molecule has 0 saturated carbocycles. The van der Waals surface area contributed by atoms with E-state index in [2.05, 4.69) is 16.0 Å². The second-order valence-electron chi connectivity index (χ2n) is 8.31. The molecule has 4 unspecified atom stereocenters. The van der Waals surface area contributed by atoms with Gasteiger partial charge in [0.2, 0.25) is 17.7 Å². The van der Waals surface area contributed by atoms with Gasteiger partial charge in [-0.25, -0.2) is 4.79 Å². The Bertz CT molecular complexity index is 672. The van der Waals surface area contributed by atoms with Crippen molar-refractivity contribution in [1.82, 2.24) is 16.0 Å². The van der Waals surface area contributed by atoms with Gasteiger partial charge in [-0.05, 0) is 36.7 Å². The third kappa shape index (κ3) is 11.3. The molecule has 0 aromatic rings. The molecule has 0 aromatic heterocycles. The molecular formula is C20H36N4O7S. The fourth-order valence-corrected chi connectivity index (χ4v) is 3.27. The van der Waals surface area contributed by atoms with Crippen LogP contribution in [0.1, 0.15) is 47.0 Å². The normalized spacial score (nSPS) is 14.9. The molecule has 32 heavy (non-hydrogen) atoms. The molecule has 0 aliphatic rings. The first-order valence-corrected chi connectivity index (χ1v) is 11.8. The third-order valence-electron chi connectivity index (χ3n) is 4.55. The zero-order chi connectivity index (χ0) is 25.0. The van der Waals surface area contributed by atoms with Crippen LogP contribution >= 0.6 is 11.8 Å². The van der Waals surface area contributed by atoms with E-state index in [1.165, 1.54) is 0 Å². The van der Waals surface area contributed by atoms with Gasteiger partial charge >= 0.3 is 11.9 Å². The van der Waals surface area contributed by atoms with Crippen LogP contribution in [0, 0.1) is 11.8 Å². The predicted octanol–water partition coefficient (Wildman–Crippen LogP) is -0.217. The van der Waals surface area contributed by atoms with Crippen LogP contribution in [0.15, 0.2) is 0 Å². The number of aliphatic carboxylic acids is 2. The molecule has 0 heterocycles. The summed E-state index contributed by atoms with van der Waals surface area (Å²) in [4.78, 5) is 60.0. The molecule has 12 heteroatoms. The number of hydrogen-bond acceptors (Lipinski definition) is 7. The number of hydrogen-bond donors (Lipinski definition) is 6. The lowest BCUT2D eigenvalue weighted by Crippen LogP contribution is -2.58. The summed E-state index contributed by atoms with van der Waals surface area (Å²) in [6.07, 6.45) is 1.83. The van der Waals surface area contributed by atoms with E-state index in [1.807, 2.05) is 20.1 Å². The van der Waals surface area contributed by atoms with Gasteiger partial charge in [0.1, 0.15) is 18.1 Å². The Kier molecular flexibility index (Phi) is 13.6. The van der Waals surface area contributed by atoms with Crippen LogP contribution in [0.3, 0.4) is 0 Å². The SMILES string of the molecule is CSCCC(N)C(=O)NC(CC(C)C)C(=O)NC(C(=O)NC(CC(=O)O)C(=O)O)C(C)C. The summed E-state index contributed by atoms with van der Waals surface area (Å²) in [5.41, 5.74) is 5.88. The maximum Gasteiger partial charge on any atom is 0.326 e. The molecule has 0 bridgehead atoms. The number of carbonyl (C=O) groups is 5. The van der Waals surface area contributed by atoms with Gasteiger partial charge in [0.05, 0.1) is 12.5 Å². The van der Waals surface area contributed by atoms with Crippen LogP contribution in [0.5, 0.6) is 0 Å². The highest BCUT2D eigenvalue weighted by Crippen LogP contribution is 2.09. The van der Waals surface area contributed by atoms with E-state index in [9.17, 15) is 24.0 Å². The van der Waals surface area contributed by atoms with E-state index >= 15 is 0 Å². The quantitative estimate of drug-likeness (QED) is 0.186. The molecule has 184 valence electrons. The maximum absolute atomic E-state index is 12.9. The first-order chi connectivity index (χ1) is 14.8. The number of thioether (sulfide) groups is 1. The van der Waals surface area contributed by atoms with Crippen molar-refractivity contribution < 1.29 is 34.2 Å². The number of carbonyl (C=O) groups excluding carboxylic acids is 3. The van der Waals surface area contributed by atoms with Gasteiger partial charge in [0.15, 0.2) is 0 Å². The van der Waals surface area contributed by atoms with E-state index in [-0.39, 0.29) is 5.92 Å². The van der Waals surface area contributed by atoms with Crippen LogP contribution < -0.4 is 21.7 Å². The topological polar surface area (TPSA) is 188 Å². The van der Waals surface area contributed by atoms with Crippen LogP contribution in [0.2, 0.25) is 0 Å². The van der Waals surface area contributed by atoms with Crippen molar-refractivity contribution in [3.8, 4) is 0 Å². The molecule has 0 aliphatic carbocycles. The molecule has 0 aromatic carbocycles. The summed E-state index contributed by atoms with van der Waals surface area (Å²) < 4.78 is 0. The van der Waals surface area contributed by atoms with Crippen molar-refractivity contribution in [2.24, 2.45) is 17.6 Å². The molecule has 0 saturated heterocycles. The molecule has 7 N–H and O–H groups in total. The fourth-order valence-electron chi connectivity index (χ4n) is 2.78. The number of nitrogens with one attached hydrogen (secondary N) is 3. The van der Waals surface area contributed by atoms with Crippen molar-refractivity contribution in [3.05, 3.63) is 0 Å². The standard InChI is InChI=1S/C20H36N4O7S/c1-10(2)8-13(22-17(27)12(21)6-7-32-5)18(28)24-16(11(3)4)19(29)23-14(20(30)31)9-15(25)26/h10-14,16H,6-9,21H2,1-5H3,(H,22,27)(H,23,29)(H,24,28)(H,25,26)(H,30,31). The Morgan fingerprint density at radius 1 is 0.875 bits per heavy atom. The number of carboxylic acid groups (broad SMARTS) is 2. The van der Waals surface area contributed by atoms with Crippen molar-refractivity contribution in [2.45, 2.75) is 71.1 Å². The van der Waals surface area contributed by atoms with E-state index < -0.39 is 66.2 Å². The number of carboxylic acids is 2. The summed E-state index contributed by atoms with van der Waals surface area (Å²) >= 11 is 1.55. The second kappa shape index (κ2) is 14.7. The fraction of sp³-hybridized carbons (Fsp3) is 0.750. The Labute approximate surface area is 192 Å². The molecule has 0 rings (SSSR count). The molecular weight excluding hydrogens is 440 g/mol. The van der Waals surface area contributed by atoms with Gasteiger partial charge in [-0.3, -0.25) is 19.2 Å². The summed E-state index contributed by atoms with van der Waals surface area (Å²) in [5.74, 6) is -4.50. The molecule has 0 aliphatic heterocycles. The lowest BCUT2D eigenvalue weighted by atomic mass is 9.99. The Balaban J connectivity index is 5.39. The van der Waals surface area contributed by atoms with Crippen molar-refractivity contribution >= 4 is 41.4 Å². The van der Waals surface area contributed by atoms with Crippen LogP contribution in [-0.2, 0) is 24.0 Å². The molecule has 4 atom stereocenters. The van der Waals surface area contributed by atoms with E-state index in [1.54, 1.807) is 25.6 Å². The zero-order valence-electron chi connectivity index (χ0n) is 19.2. The largest absolute Gasteiger partial charge is 0.481 e. The zero-order valence-corrected chi connectivity index (χ0v) is 20.0. The first kappa shape index (κ1) is 29.7. The Morgan fingerprint density at radius 3 is 1.88 bits per heavy atom. The van der Waals surface area contributed by atoms with Gasteiger partial charge in [-0.2, -0.15) is 11.8 Å². The predicted molar refractivity (Wildman–Crippen MR) is 121 cm³/mol. The van der Waals surface area contributed by atoms with Crippen molar-refractivity contribution in [3.63, 3.8) is 0 Å². The van der Waals surface area contributed by atoms with Crippen molar-refractivity contribution in [2.75, 3.05) is 12.0 Å². The van der Waals surface area contributed by atoms with Crippen molar-refractivity contribution in [1.29, 1.82) is 0 Å². The minimum absolute atomic E-state index is 0.0479. The molecule has 11 nitrogen and oxygen atoms in total. The number of amides is 3. The molecule has 0 spiro atoms. The monoisotopic (exact) mass is 476 g/mol. The minimum atomic E-state index is -1.64. The van der Waals surface area contributed by atoms with Gasteiger partial charge in [-0.1, -0.05) is 27.7 Å². The van der Waals surface area contributed by atoms with Crippen LogP contribution in [0.4, 0.5) is 0 Å². The van der Waals surface area contributed by atoms with Gasteiger partial charge < -0.3 is 31.9 Å². The van der Waals surface area contributed by atoms with Crippen LogP contribution in [0.25, 0.3) is 0 Å². The summed E-state index contributed by atoms with van der Waals surface area (Å²) in [5, 5.41) is 25.3. The van der Waals surface area contributed by atoms with E-state index in [4.69, 9.17) is 15.9 Å². The number of rotatable bonds is 15. The smallest absolute Gasteiger partial charge is 0.326 e. The first-order valence-electron chi connectivity index (χ1n) is 10.4. The van der Waals surface area contributed by atoms with Gasteiger partial charge in [0.25, 0.3) is 0 Å². The Hall–Kier alpha value is -2.34. The Morgan fingerprint density at radius 2 is 1.44 bits per heavy atom. The summed E-state index contributed by atoms with van der Waals surface area (Å²) in [6, 6.07) is -4.48. The average molecular weight is 477 g/mol. The molecule has 0 radical (unpaired) electrons. The lowest BCUT2D eigenvalue weighted by molar-refractivity contribution is -0.147. The second-order valence-corrected chi connectivity index (χ2v) is 9.29. The molecule has 0 fully saturated rings. The molecule has 3 amide bonds. The lowest BCUT2D eigenvalue weighted by Gasteiger charge is -2.27. The minimum Gasteiger partial charge on any atom is -0.481 e. The van der Waals surface area contributed by atoms with Gasteiger partial charge in [-0.15, -0.1) is 0 Å². The highest BCUT2D eigenvalue weighted by atomic mass is 32.2. The van der Waals surface area contributed by atoms with Gasteiger partial charge in [0, 0.05) is 0 Å². The number of nitrogens with two attached hydrogens (primary N) is 1. The van der Waals surface area contributed by atoms with Crippen LogP contribution in [-0.4, -0.2) is 76.0 Å². The summed E-state index contributed by atoms with van der Waals surface area (Å²) in [7, 11) is 0. The highest BCUT2D eigenvalue weighted by Gasteiger charge is 2.32. The maximum atomic E-state index is 12.9. The van der Waals surface area contributed by atoms with E-state index in [0.29, 0.717) is 18.6 Å². The third-order valence-corrected chi connectivity index (χ3v) is 5.19.